The van der Waals surface area contributed by atoms with E-state index in [0.29, 0.717) is 0 Å². The summed E-state index contributed by atoms with van der Waals surface area (Å²) in [6.07, 6.45) is 0.939. The number of fused-ring (bicyclic) bond motifs is 1. The van der Waals surface area contributed by atoms with E-state index >= 15 is 0 Å². The van der Waals surface area contributed by atoms with Crippen LogP contribution in [-0.4, -0.2) is 4.98 Å². The summed E-state index contributed by atoms with van der Waals surface area (Å²) >= 11 is 0. The number of hydrogen-bond donors (Lipinski definition) is 1. The van der Waals surface area contributed by atoms with Gasteiger partial charge in [-0.05, 0) is 43.5 Å². The van der Waals surface area contributed by atoms with Crippen molar-refractivity contribution in [3.05, 3.63) is 34.8 Å². The van der Waals surface area contributed by atoms with Gasteiger partial charge in [0.05, 0.1) is 0 Å². The molecule has 0 unspecified atom stereocenters. The monoisotopic (exact) mass is 191 g/mol. The maximum Gasteiger partial charge on any atom is 0.124 e. The highest BCUT2D eigenvalue weighted by Crippen LogP contribution is 2.26. The van der Waals surface area contributed by atoms with Gasteiger partial charge in [0.15, 0.2) is 0 Å². The van der Waals surface area contributed by atoms with E-state index in [0.717, 1.165) is 28.6 Å². The summed E-state index contributed by atoms with van der Waals surface area (Å²) in [5.74, 6) is -0.149. The van der Waals surface area contributed by atoms with Crippen LogP contribution in [0.25, 0.3) is 10.9 Å². The molecule has 0 atom stereocenters. The van der Waals surface area contributed by atoms with Gasteiger partial charge < -0.3 is 4.98 Å². The fourth-order valence-corrected chi connectivity index (χ4v) is 2.07. The van der Waals surface area contributed by atoms with Gasteiger partial charge in [-0.1, -0.05) is 6.92 Å². The molecule has 0 aliphatic heterocycles. The van der Waals surface area contributed by atoms with E-state index in [9.17, 15) is 4.39 Å². The van der Waals surface area contributed by atoms with Crippen LogP contribution < -0.4 is 0 Å². The fourth-order valence-electron chi connectivity index (χ4n) is 2.07. The van der Waals surface area contributed by atoms with Crippen LogP contribution in [0, 0.1) is 19.7 Å². The van der Waals surface area contributed by atoms with E-state index < -0.39 is 0 Å². The summed E-state index contributed by atoms with van der Waals surface area (Å²) in [4.78, 5) is 3.31. The van der Waals surface area contributed by atoms with E-state index in [-0.39, 0.29) is 5.82 Å². The molecular weight excluding hydrogens is 177 g/mol. The van der Waals surface area contributed by atoms with Crippen molar-refractivity contribution in [1.82, 2.24) is 4.98 Å². The van der Waals surface area contributed by atoms with Crippen molar-refractivity contribution in [3.63, 3.8) is 0 Å². The molecule has 14 heavy (non-hydrogen) atoms. The molecule has 1 N–H and O–H groups in total. The summed E-state index contributed by atoms with van der Waals surface area (Å²) in [6.45, 7) is 6.06. The van der Waals surface area contributed by atoms with Crippen molar-refractivity contribution >= 4 is 10.9 Å². The molecule has 0 fully saturated rings. The highest BCUT2D eigenvalue weighted by molar-refractivity contribution is 5.87. The Morgan fingerprint density at radius 1 is 1.29 bits per heavy atom. The second-order valence-electron chi connectivity index (χ2n) is 3.73. The summed E-state index contributed by atoms with van der Waals surface area (Å²) in [5, 5.41) is 1.03. The average molecular weight is 191 g/mol. The Morgan fingerprint density at radius 2 is 2.00 bits per heavy atom. The Kier molecular flexibility index (Phi) is 2.06. The van der Waals surface area contributed by atoms with E-state index in [1.54, 1.807) is 12.1 Å². The predicted molar refractivity (Wildman–Crippen MR) is 57.1 cm³/mol. The molecule has 1 aromatic heterocycles. The zero-order valence-electron chi connectivity index (χ0n) is 8.74. The summed E-state index contributed by atoms with van der Waals surface area (Å²) < 4.78 is 13.2. The lowest BCUT2D eigenvalue weighted by Gasteiger charge is -1.98. The van der Waals surface area contributed by atoms with Crippen molar-refractivity contribution < 1.29 is 4.39 Å². The average Bonchev–Trinajstić information content (AvgIpc) is 2.41. The molecule has 0 bridgehead atoms. The number of rotatable bonds is 1. The van der Waals surface area contributed by atoms with Crippen molar-refractivity contribution in [1.29, 1.82) is 0 Å². The third kappa shape index (κ3) is 1.22. The molecule has 2 heteroatoms. The van der Waals surface area contributed by atoms with Crippen molar-refractivity contribution in [2.24, 2.45) is 0 Å². The Morgan fingerprint density at radius 3 is 2.64 bits per heavy atom. The Balaban J connectivity index is 2.87. The van der Waals surface area contributed by atoms with Gasteiger partial charge in [-0.2, -0.15) is 0 Å². The molecule has 2 aromatic rings. The molecule has 1 aromatic carbocycles. The number of aromatic nitrogens is 1. The molecule has 1 nitrogen and oxygen atoms in total. The number of aryl methyl sites for hydroxylation is 3. The Labute approximate surface area is 82.9 Å². The minimum absolute atomic E-state index is 0.149. The van der Waals surface area contributed by atoms with Gasteiger partial charge in [0, 0.05) is 16.6 Å². The molecule has 2 rings (SSSR count). The Hall–Kier alpha value is -1.31. The zero-order chi connectivity index (χ0) is 10.3. The van der Waals surface area contributed by atoms with Gasteiger partial charge in [0.1, 0.15) is 5.82 Å². The summed E-state index contributed by atoms with van der Waals surface area (Å²) in [5.41, 5.74) is 4.42. The minimum atomic E-state index is -0.149. The van der Waals surface area contributed by atoms with Crippen LogP contribution in [0.15, 0.2) is 12.1 Å². The quantitative estimate of drug-likeness (QED) is 0.710. The van der Waals surface area contributed by atoms with Crippen LogP contribution in [0.1, 0.15) is 23.7 Å². The maximum atomic E-state index is 13.2. The normalized spacial score (nSPS) is 11.1. The first kappa shape index (κ1) is 9.25. The number of benzene rings is 1. The molecule has 0 aliphatic carbocycles. The highest BCUT2D eigenvalue weighted by Gasteiger charge is 2.09. The van der Waals surface area contributed by atoms with Gasteiger partial charge in [-0.3, -0.25) is 0 Å². The van der Waals surface area contributed by atoms with Gasteiger partial charge in [0.25, 0.3) is 0 Å². The smallest absolute Gasteiger partial charge is 0.124 e. The number of halogens is 1. The first-order valence-corrected chi connectivity index (χ1v) is 4.90. The van der Waals surface area contributed by atoms with Gasteiger partial charge in [-0.25, -0.2) is 4.39 Å². The molecule has 0 amide bonds. The standard InChI is InChI=1S/C12H14FN/c1-4-10-8(3)14-12-7(2)5-9(13)6-11(10)12/h5-6,14H,4H2,1-3H3. The van der Waals surface area contributed by atoms with E-state index in [4.69, 9.17) is 0 Å². The third-order valence-electron chi connectivity index (χ3n) is 2.74. The summed E-state index contributed by atoms with van der Waals surface area (Å²) in [7, 11) is 0. The van der Waals surface area contributed by atoms with Crippen molar-refractivity contribution in [2.45, 2.75) is 27.2 Å². The SMILES string of the molecule is CCc1c(C)[nH]c2c(C)cc(F)cc12. The number of aromatic amines is 1. The minimum Gasteiger partial charge on any atom is -0.358 e. The molecule has 1 heterocycles. The fraction of sp³-hybridized carbons (Fsp3) is 0.333. The number of nitrogens with one attached hydrogen (secondary N) is 1. The van der Waals surface area contributed by atoms with Gasteiger partial charge in [-0.15, -0.1) is 0 Å². The Bertz CT molecular complexity index is 483. The third-order valence-corrected chi connectivity index (χ3v) is 2.74. The van der Waals surface area contributed by atoms with Crippen LogP contribution in [0.4, 0.5) is 4.39 Å². The molecule has 0 saturated heterocycles. The molecule has 0 radical (unpaired) electrons. The van der Waals surface area contributed by atoms with E-state index in [2.05, 4.69) is 11.9 Å². The van der Waals surface area contributed by atoms with Gasteiger partial charge >= 0.3 is 0 Å². The molecule has 0 saturated carbocycles. The van der Waals surface area contributed by atoms with Crippen molar-refractivity contribution in [2.75, 3.05) is 0 Å². The first-order valence-electron chi connectivity index (χ1n) is 4.90. The molecule has 74 valence electrons. The second-order valence-corrected chi connectivity index (χ2v) is 3.73. The lowest BCUT2D eigenvalue weighted by Crippen LogP contribution is -1.82. The first-order chi connectivity index (χ1) is 6.63. The topological polar surface area (TPSA) is 15.8 Å². The summed E-state index contributed by atoms with van der Waals surface area (Å²) in [6, 6.07) is 3.18. The van der Waals surface area contributed by atoms with Crippen molar-refractivity contribution in [3.8, 4) is 0 Å². The lowest BCUT2D eigenvalue weighted by atomic mass is 10.1. The van der Waals surface area contributed by atoms with Crippen LogP contribution in [0.3, 0.4) is 0 Å². The number of hydrogen-bond acceptors (Lipinski definition) is 0. The zero-order valence-corrected chi connectivity index (χ0v) is 8.74. The molecule has 0 spiro atoms. The largest absolute Gasteiger partial charge is 0.358 e. The molecule has 0 aliphatic rings. The van der Waals surface area contributed by atoms with Crippen LogP contribution in [0.2, 0.25) is 0 Å². The predicted octanol–water partition coefficient (Wildman–Crippen LogP) is 3.49. The second kappa shape index (κ2) is 3.12. The van der Waals surface area contributed by atoms with E-state index in [1.807, 2.05) is 13.8 Å². The van der Waals surface area contributed by atoms with Crippen LogP contribution in [0.5, 0.6) is 0 Å². The molecular formula is C12H14FN. The lowest BCUT2D eigenvalue weighted by molar-refractivity contribution is 0.628. The van der Waals surface area contributed by atoms with Crippen LogP contribution in [-0.2, 0) is 6.42 Å². The van der Waals surface area contributed by atoms with E-state index in [1.165, 1.54) is 5.56 Å². The number of H-pyrrole nitrogens is 1. The van der Waals surface area contributed by atoms with Crippen LogP contribution >= 0.6 is 0 Å². The highest BCUT2D eigenvalue weighted by atomic mass is 19.1. The van der Waals surface area contributed by atoms with Gasteiger partial charge in [0.2, 0.25) is 0 Å². The maximum absolute atomic E-state index is 13.2.